The Balaban J connectivity index is 1.82. The molecule has 0 spiro atoms. The molecule has 0 saturated carbocycles. The summed E-state index contributed by atoms with van der Waals surface area (Å²) < 4.78 is 0. The second-order valence-electron chi connectivity index (χ2n) is 5.95. The van der Waals surface area contributed by atoms with E-state index >= 15 is 0 Å². The average molecular weight is 339 g/mol. The number of H-pyrrole nitrogens is 1. The standard InChI is InChI=1S/C19H21N3OS/c1-13(2)17-19(24-15-9-4-3-5-10-15)22-18(21-17)16(23)12-14-8-6-7-11-20-14/h3-11,13,16,23H,12H2,1-2H3,(H,21,22). The molecule has 24 heavy (non-hydrogen) atoms. The molecule has 124 valence electrons. The summed E-state index contributed by atoms with van der Waals surface area (Å²) in [6.07, 6.45) is 1.49. The van der Waals surface area contributed by atoms with E-state index in [1.54, 1.807) is 18.0 Å². The van der Waals surface area contributed by atoms with Crippen molar-refractivity contribution >= 4 is 11.8 Å². The lowest BCUT2D eigenvalue weighted by Gasteiger charge is -2.06. The van der Waals surface area contributed by atoms with Gasteiger partial charge in [0.15, 0.2) is 0 Å². The maximum absolute atomic E-state index is 10.5. The van der Waals surface area contributed by atoms with Crippen LogP contribution in [0.3, 0.4) is 0 Å². The Bertz CT molecular complexity index is 772. The predicted octanol–water partition coefficient (Wildman–Crippen LogP) is 4.36. The molecule has 2 N–H and O–H groups in total. The molecule has 0 aliphatic heterocycles. The van der Waals surface area contributed by atoms with Gasteiger partial charge in [-0.05, 0) is 30.2 Å². The van der Waals surface area contributed by atoms with E-state index in [0.29, 0.717) is 12.2 Å². The van der Waals surface area contributed by atoms with E-state index in [1.807, 2.05) is 36.4 Å². The number of nitrogens with zero attached hydrogens (tertiary/aromatic N) is 2. The molecule has 4 nitrogen and oxygen atoms in total. The molecule has 1 unspecified atom stereocenters. The van der Waals surface area contributed by atoms with E-state index in [9.17, 15) is 5.11 Å². The summed E-state index contributed by atoms with van der Waals surface area (Å²) in [6.45, 7) is 4.22. The first-order valence-electron chi connectivity index (χ1n) is 8.04. The van der Waals surface area contributed by atoms with Gasteiger partial charge >= 0.3 is 0 Å². The first-order chi connectivity index (χ1) is 11.6. The molecule has 2 aromatic heterocycles. The van der Waals surface area contributed by atoms with Crippen molar-refractivity contribution in [1.29, 1.82) is 0 Å². The zero-order valence-corrected chi connectivity index (χ0v) is 14.6. The van der Waals surface area contributed by atoms with Crippen LogP contribution in [0.25, 0.3) is 0 Å². The summed E-state index contributed by atoms with van der Waals surface area (Å²) in [5.74, 6) is 0.881. The minimum absolute atomic E-state index is 0.281. The smallest absolute Gasteiger partial charge is 0.136 e. The van der Waals surface area contributed by atoms with Crippen LogP contribution in [-0.4, -0.2) is 20.1 Å². The second kappa shape index (κ2) is 7.64. The highest BCUT2D eigenvalue weighted by atomic mass is 32.2. The second-order valence-corrected chi connectivity index (χ2v) is 7.03. The highest BCUT2D eigenvalue weighted by molar-refractivity contribution is 7.99. The van der Waals surface area contributed by atoms with Gasteiger partial charge in [-0.15, -0.1) is 0 Å². The lowest BCUT2D eigenvalue weighted by Crippen LogP contribution is -2.05. The molecule has 0 bridgehead atoms. The predicted molar refractivity (Wildman–Crippen MR) is 96.1 cm³/mol. The summed E-state index contributed by atoms with van der Waals surface area (Å²) in [6, 6.07) is 15.9. The highest BCUT2D eigenvalue weighted by Crippen LogP contribution is 2.33. The van der Waals surface area contributed by atoms with Crippen LogP contribution in [0.5, 0.6) is 0 Å². The van der Waals surface area contributed by atoms with Crippen LogP contribution in [0.2, 0.25) is 0 Å². The third-order valence-corrected chi connectivity index (χ3v) is 4.69. The van der Waals surface area contributed by atoms with Crippen LogP contribution in [0.15, 0.2) is 64.6 Å². The molecular formula is C19H21N3OS. The van der Waals surface area contributed by atoms with E-state index in [-0.39, 0.29) is 5.92 Å². The highest BCUT2D eigenvalue weighted by Gasteiger charge is 2.19. The number of aromatic amines is 1. The Morgan fingerprint density at radius 2 is 1.83 bits per heavy atom. The maximum Gasteiger partial charge on any atom is 0.136 e. The molecule has 0 fully saturated rings. The fraction of sp³-hybridized carbons (Fsp3) is 0.263. The number of imidazole rings is 1. The van der Waals surface area contributed by atoms with E-state index in [2.05, 4.69) is 40.9 Å². The van der Waals surface area contributed by atoms with Crippen molar-refractivity contribution < 1.29 is 5.11 Å². The third kappa shape index (κ3) is 4.04. The van der Waals surface area contributed by atoms with Gasteiger partial charge in [0.25, 0.3) is 0 Å². The lowest BCUT2D eigenvalue weighted by molar-refractivity contribution is 0.167. The molecule has 0 radical (unpaired) electrons. The van der Waals surface area contributed by atoms with Crippen molar-refractivity contribution in [2.75, 3.05) is 0 Å². The Morgan fingerprint density at radius 1 is 1.08 bits per heavy atom. The largest absolute Gasteiger partial charge is 0.385 e. The van der Waals surface area contributed by atoms with Gasteiger partial charge in [0.1, 0.15) is 17.0 Å². The van der Waals surface area contributed by atoms with Crippen molar-refractivity contribution in [2.24, 2.45) is 0 Å². The molecule has 5 heteroatoms. The van der Waals surface area contributed by atoms with Gasteiger partial charge in [-0.3, -0.25) is 4.98 Å². The van der Waals surface area contributed by atoms with Gasteiger partial charge in [-0.2, -0.15) is 0 Å². The molecular weight excluding hydrogens is 318 g/mol. The quantitative estimate of drug-likeness (QED) is 0.700. The summed E-state index contributed by atoms with van der Waals surface area (Å²) in [4.78, 5) is 13.4. The first kappa shape index (κ1) is 16.7. The number of nitrogens with one attached hydrogen (secondary N) is 1. The summed E-state index contributed by atoms with van der Waals surface area (Å²) in [5.41, 5.74) is 1.84. The number of aliphatic hydroxyl groups is 1. The van der Waals surface area contributed by atoms with Crippen LogP contribution >= 0.6 is 11.8 Å². The molecule has 2 heterocycles. The molecule has 0 saturated heterocycles. The number of aliphatic hydroxyl groups excluding tert-OH is 1. The van der Waals surface area contributed by atoms with Crippen molar-refractivity contribution in [3.63, 3.8) is 0 Å². The van der Waals surface area contributed by atoms with Gasteiger partial charge in [-0.1, -0.05) is 49.9 Å². The number of hydrogen-bond donors (Lipinski definition) is 2. The third-order valence-electron chi connectivity index (χ3n) is 3.67. The maximum atomic E-state index is 10.5. The topological polar surface area (TPSA) is 61.8 Å². The van der Waals surface area contributed by atoms with E-state index in [1.165, 1.54) is 0 Å². The van der Waals surface area contributed by atoms with Crippen molar-refractivity contribution in [2.45, 2.75) is 42.2 Å². The van der Waals surface area contributed by atoms with Crippen molar-refractivity contribution in [3.05, 3.63) is 71.9 Å². The van der Waals surface area contributed by atoms with Crippen molar-refractivity contribution in [1.82, 2.24) is 15.0 Å². The normalized spacial score (nSPS) is 12.5. The van der Waals surface area contributed by atoms with Gasteiger partial charge in [0, 0.05) is 23.2 Å². The monoisotopic (exact) mass is 339 g/mol. The number of hydrogen-bond acceptors (Lipinski definition) is 4. The Kier molecular flexibility index (Phi) is 5.33. The Morgan fingerprint density at radius 3 is 2.50 bits per heavy atom. The van der Waals surface area contributed by atoms with Crippen LogP contribution in [0.4, 0.5) is 0 Å². The number of benzene rings is 1. The molecule has 1 aromatic carbocycles. The minimum Gasteiger partial charge on any atom is -0.385 e. The van der Waals surface area contributed by atoms with Gasteiger partial charge in [0.2, 0.25) is 0 Å². The average Bonchev–Trinajstić information content (AvgIpc) is 3.01. The molecule has 0 aliphatic rings. The van der Waals surface area contributed by atoms with Crippen LogP contribution < -0.4 is 0 Å². The first-order valence-corrected chi connectivity index (χ1v) is 8.86. The molecule has 1 atom stereocenters. The van der Waals surface area contributed by atoms with Gasteiger partial charge in [0.05, 0.1) is 5.69 Å². The number of aromatic nitrogens is 3. The van der Waals surface area contributed by atoms with Crippen LogP contribution in [0, 0.1) is 0 Å². The molecule has 0 amide bonds. The Hall–Kier alpha value is -2.11. The summed E-state index contributed by atoms with van der Waals surface area (Å²) in [5, 5.41) is 11.5. The zero-order valence-electron chi connectivity index (χ0n) is 13.8. The molecule has 0 aliphatic carbocycles. The van der Waals surface area contributed by atoms with E-state index in [0.717, 1.165) is 21.3 Å². The lowest BCUT2D eigenvalue weighted by atomic mass is 10.1. The van der Waals surface area contributed by atoms with Crippen molar-refractivity contribution in [3.8, 4) is 0 Å². The van der Waals surface area contributed by atoms with Crippen LogP contribution in [0.1, 0.15) is 43.1 Å². The van der Waals surface area contributed by atoms with E-state index in [4.69, 9.17) is 0 Å². The fourth-order valence-electron chi connectivity index (χ4n) is 2.44. The molecule has 3 aromatic rings. The van der Waals surface area contributed by atoms with Gasteiger partial charge < -0.3 is 10.1 Å². The number of pyridine rings is 1. The van der Waals surface area contributed by atoms with E-state index < -0.39 is 6.10 Å². The summed E-state index contributed by atoms with van der Waals surface area (Å²) >= 11 is 1.64. The molecule has 3 rings (SSSR count). The van der Waals surface area contributed by atoms with Gasteiger partial charge in [-0.25, -0.2) is 4.98 Å². The minimum atomic E-state index is -0.692. The number of rotatable bonds is 6. The zero-order chi connectivity index (χ0) is 16.9. The Labute approximate surface area is 146 Å². The summed E-state index contributed by atoms with van der Waals surface area (Å²) in [7, 11) is 0. The fourth-order valence-corrected chi connectivity index (χ4v) is 3.51. The van der Waals surface area contributed by atoms with Crippen LogP contribution in [-0.2, 0) is 6.42 Å². The SMILES string of the molecule is CC(C)c1nc(C(O)Cc2ccccn2)[nH]c1Sc1ccccc1.